The van der Waals surface area contributed by atoms with E-state index >= 15 is 0 Å². The van der Waals surface area contributed by atoms with Crippen LogP contribution in [0.3, 0.4) is 0 Å². The highest BCUT2D eigenvalue weighted by Crippen LogP contribution is 2.20. The van der Waals surface area contributed by atoms with Gasteiger partial charge in [-0.25, -0.2) is 9.07 Å². The number of rotatable bonds is 5. The van der Waals surface area contributed by atoms with Gasteiger partial charge in [0, 0.05) is 7.11 Å². The quantitative estimate of drug-likeness (QED) is 0.792. The molecule has 0 atom stereocenters. The predicted molar refractivity (Wildman–Crippen MR) is 68.8 cm³/mol. The van der Waals surface area contributed by atoms with Crippen LogP contribution >= 0.6 is 11.6 Å². The van der Waals surface area contributed by atoms with E-state index < -0.39 is 0 Å². The number of aldehydes is 1. The van der Waals surface area contributed by atoms with Gasteiger partial charge in [-0.1, -0.05) is 23.7 Å². The Labute approximate surface area is 114 Å². The van der Waals surface area contributed by atoms with Crippen molar-refractivity contribution in [2.75, 3.05) is 7.11 Å². The SMILES string of the molecule is COCc1nn(Cc2ccc(F)cc2)c(Cl)c1C=O. The Bertz CT molecular complexity index is 581. The number of halogens is 2. The van der Waals surface area contributed by atoms with Crippen LogP contribution in [0.2, 0.25) is 5.15 Å². The molecule has 0 bridgehead atoms. The minimum atomic E-state index is -0.302. The van der Waals surface area contributed by atoms with Crippen molar-refractivity contribution >= 4 is 17.9 Å². The maximum atomic E-state index is 12.8. The molecule has 6 heteroatoms. The molecule has 0 aliphatic rings. The second-order valence-corrected chi connectivity index (χ2v) is 4.34. The van der Waals surface area contributed by atoms with Crippen LogP contribution in [0.4, 0.5) is 4.39 Å². The number of aromatic nitrogens is 2. The van der Waals surface area contributed by atoms with E-state index in [1.807, 2.05) is 0 Å². The lowest BCUT2D eigenvalue weighted by Gasteiger charge is -2.03. The van der Waals surface area contributed by atoms with Crippen LogP contribution in [-0.4, -0.2) is 23.2 Å². The number of nitrogens with zero attached hydrogens (tertiary/aromatic N) is 2. The minimum absolute atomic E-state index is 0.213. The first-order valence-corrected chi connectivity index (χ1v) is 5.97. The zero-order chi connectivity index (χ0) is 13.8. The summed E-state index contributed by atoms with van der Waals surface area (Å²) in [5.74, 6) is -0.302. The first-order valence-electron chi connectivity index (χ1n) is 5.59. The van der Waals surface area contributed by atoms with E-state index in [0.29, 0.717) is 24.1 Å². The molecular weight excluding hydrogens is 271 g/mol. The minimum Gasteiger partial charge on any atom is -0.378 e. The van der Waals surface area contributed by atoms with Crippen LogP contribution in [0, 0.1) is 5.82 Å². The molecule has 0 aliphatic carbocycles. The van der Waals surface area contributed by atoms with Crippen molar-refractivity contribution in [2.45, 2.75) is 13.2 Å². The van der Waals surface area contributed by atoms with Crippen molar-refractivity contribution < 1.29 is 13.9 Å². The fourth-order valence-corrected chi connectivity index (χ4v) is 1.98. The van der Waals surface area contributed by atoms with E-state index in [1.165, 1.54) is 23.9 Å². The summed E-state index contributed by atoms with van der Waals surface area (Å²) in [6.07, 6.45) is 0.658. The van der Waals surface area contributed by atoms with Gasteiger partial charge in [0.25, 0.3) is 0 Å². The summed E-state index contributed by atoms with van der Waals surface area (Å²) in [7, 11) is 1.52. The van der Waals surface area contributed by atoms with Gasteiger partial charge in [-0.2, -0.15) is 5.10 Å². The number of ether oxygens (including phenoxy) is 1. The van der Waals surface area contributed by atoms with E-state index in [1.54, 1.807) is 12.1 Å². The molecule has 0 N–H and O–H groups in total. The highest BCUT2D eigenvalue weighted by atomic mass is 35.5. The number of hydrogen-bond acceptors (Lipinski definition) is 3. The fraction of sp³-hybridized carbons (Fsp3) is 0.231. The molecular formula is C13H12ClFN2O2. The molecule has 2 rings (SSSR count). The summed E-state index contributed by atoms with van der Waals surface area (Å²) in [6.45, 7) is 0.577. The smallest absolute Gasteiger partial charge is 0.155 e. The van der Waals surface area contributed by atoms with Crippen molar-refractivity contribution in [1.29, 1.82) is 0 Å². The molecule has 0 saturated heterocycles. The predicted octanol–water partition coefficient (Wildman–Crippen LogP) is 2.68. The van der Waals surface area contributed by atoms with E-state index in [9.17, 15) is 9.18 Å². The van der Waals surface area contributed by atoms with E-state index in [4.69, 9.17) is 16.3 Å². The third kappa shape index (κ3) is 3.00. The second kappa shape index (κ2) is 5.95. The van der Waals surface area contributed by atoms with Crippen LogP contribution in [0.15, 0.2) is 24.3 Å². The van der Waals surface area contributed by atoms with Crippen LogP contribution < -0.4 is 0 Å². The molecule has 0 aliphatic heterocycles. The van der Waals surface area contributed by atoms with Crippen molar-refractivity contribution in [3.05, 3.63) is 52.1 Å². The lowest BCUT2D eigenvalue weighted by Crippen LogP contribution is -2.02. The van der Waals surface area contributed by atoms with Crippen molar-refractivity contribution in [3.8, 4) is 0 Å². The van der Waals surface area contributed by atoms with Gasteiger partial charge in [-0.3, -0.25) is 4.79 Å². The zero-order valence-corrected chi connectivity index (χ0v) is 11.0. The van der Waals surface area contributed by atoms with Gasteiger partial charge in [0.1, 0.15) is 16.7 Å². The molecule has 0 saturated carbocycles. The molecule has 2 aromatic rings. The van der Waals surface area contributed by atoms with Crippen molar-refractivity contribution in [3.63, 3.8) is 0 Å². The van der Waals surface area contributed by atoms with Crippen LogP contribution in [0.5, 0.6) is 0 Å². The monoisotopic (exact) mass is 282 g/mol. The summed E-state index contributed by atoms with van der Waals surface area (Å²) in [5, 5.41) is 4.48. The average molecular weight is 283 g/mol. The molecule has 0 radical (unpaired) electrons. The summed E-state index contributed by atoms with van der Waals surface area (Å²) in [4.78, 5) is 11.0. The number of benzene rings is 1. The van der Waals surface area contributed by atoms with E-state index in [0.717, 1.165) is 5.56 Å². The molecule has 0 fully saturated rings. The average Bonchev–Trinajstić information content (AvgIpc) is 2.69. The Morgan fingerprint density at radius 3 is 2.68 bits per heavy atom. The van der Waals surface area contributed by atoms with Gasteiger partial charge < -0.3 is 4.74 Å². The number of hydrogen-bond donors (Lipinski definition) is 0. The lowest BCUT2D eigenvalue weighted by atomic mass is 10.2. The molecule has 1 aromatic heterocycles. The van der Waals surface area contributed by atoms with Gasteiger partial charge in [-0.05, 0) is 17.7 Å². The van der Waals surface area contributed by atoms with Crippen molar-refractivity contribution in [2.24, 2.45) is 0 Å². The van der Waals surface area contributed by atoms with Gasteiger partial charge in [0.15, 0.2) is 6.29 Å². The zero-order valence-electron chi connectivity index (χ0n) is 10.3. The maximum Gasteiger partial charge on any atom is 0.155 e. The third-order valence-corrected chi connectivity index (χ3v) is 3.04. The number of carbonyl (C=O) groups excluding carboxylic acids is 1. The summed E-state index contributed by atoms with van der Waals surface area (Å²) < 4.78 is 19.3. The molecule has 1 aromatic carbocycles. The first kappa shape index (κ1) is 13.7. The van der Waals surface area contributed by atoms with Gasteiger partial charge in [-0.15, -0.1) is 0 Å². The van der Waals surface area contributed by atoms with Gasteiger partial charge in [0.05, 0.1) is 18.7 Å². The Balaban J connectivity index is 2.29. The molecule has 0 unspecified atom stereocenters. The summed E-state index contributed by atoms with van der Waals surface area (Å²) in [6, 6.07) is 6.01. The Morgan fingerprint density at radius 1 is 1.42 bits per heavy atom. The van der Waals surface area contributed by atoms with Crippen LogP contribution in [-0.2, 0) is 17.9 Å². The standard InChI is InChI=1S/C13H12ClFN2O2/c1-19-8-12-11(7-18)13(14)17(16-12)6-9-2-4-10(15)5-3-9/h2-5,7H,6,8H2,1H3. The number of methoxy groups -OCH3 is 1. The largest absolute Gasteiger partial charge is 0.378 e. The van der Waals surface area contributed by atoms with Crippen LogP contribution in [0.25, 0.3) is 0 Å². The van der Waals surface area contributed by atoms with Crippen LogP contribution in [0.1, 0.15) is 21.6 Å². The second-order valence-electron chi connectivity index (χ2n) is 3.99. The normalized spacial score (nSPS) is 10.7. The summed E-state index contributed by atoms with van der Waals surface area (Å²) in [5.41, 5.74) is 1.66. The van der Waals surface area contributed by atoms with Gasteiger partial charge >= 0.3 is 0 Å². The maximum absolute atomic E-state index is 12.8. The molecule has 100 valence electrons. The Hall–Kier alpha value is -1.72. The van der Waals surface area contributed by atoms with Gasteiger partial charge in [0.2, 0.25) is 0 Å². The third-order valence-electron chi connectivity index (χ3n) is 2.65. The lowest BCUT2D eigenvalue weighted by molar-refractivity contribution is 0.111. The number of carbonyl (C=O) groups is 1. The van der Waals surface area contributed by atoms with E-state index in [-0.39, 0.29) is 17.6 Å². The molecule has 0 spiro atoms. The Kier molecular flexibility index (Phi) is 4.29. The fourth-order valence-electron chi connectivity index (χ4n) is 1.73. The highest BCUT2D eigenvalue weighted by molar-refractivity contribution is 6.32. The Morgan fingerprint density at radius 2 is 2.11 bits per heavy atom. The van der Waals surface area contributed by atoms with Crippen molar-refractivity contribution in [1.82, 2.24) is 9.78 Å². The topological polar surface area (TPSA) is 44.1 Å². The first-order chi connectivity index (χ1) is 9.15. The molecule has 1 heterocycles. The molecule has 4 nitrogen and oxygen atoms in total. The highest BCUT2D eigenvalue weighted by Gasteiger charge is 2.15. The molecule has 19 heavy (non-hydrogen) atoms. The molecule has 0 amide bonds. The van der Waals surface area contributed by atoms with E-state index in [2.05, 4.69) is 5.10 Å². The summed E-state index contributed by atoms with van der Waals surface area (Å²) >= 11 is 6.09.